The zero-order valence-corrected chi connectivity index (χ0v) is 12.5. The van der Waals surface area contributed by atoms with E-state index >= 15 is 0 Å². The molecule has 0 aliphatic rings. The maximum Gasteiger partial charge on any atom is 0.312 e. The number of nitro benzene ring substituents is 1. The van der Waals surface area contributed by atoms with Gasteiger partial charge in [-0.25, -0.2) is 0 Å². The van der Waals surface area contributed by atoms with E-state index in [1.54, 1.807) is 12.1 Å². The summed E-state index contributed by atoms with van der Waals surface area (Å²) in [7, 11) is 1.41. The minimum absolute atomic E-state index is 0.0630. The lowest BCUT2D eigenvalue weighted by molar-refractivity contribution is -0.385. The van der Waals surface area contributed by atoms with E-state index < -0.39 is 4.92 Å². The van der Waals surface area contributed by atoms with Gasteiger partial charge in [0.2, 0.25) is 0 Å². The number of benzene rings is 2. The SMILES string of the molecule is COc1ccc(NCCOc2ccc(C)cc2)cc1[N+](=O)[O-]. The summed E-state index contributed by atoms with van der Waals surface area (Å²) in [5.41, 5.74) is 1.77. The van der Waals surface area contributed by atoms with Crippen molar-refractivity contribution >= 4 is 11.4 Å². The monoisotopic (exact) mass is 302 g/mol. The van der Waals surface area contributed by atoms with E-state index in [0.717, 1.165) is 5.75 Å². The van der Waals surface area contributed by atoms with Crippen molar-refractivity contribution in [1.29, 1.82) is 0 Å². The van der Waals surface area contributed by atoms with Crippen molar-refractivity contribution in [1.82, 2.24) is 0 Å². The zero-order valence-electron chi connectivity index (χ0n) is 12.5. The summed E-state index contributed by atoms with van der Waals surface area (Å²) < 4.78 is 10.5. The Labute approximate surface area is 128 Å². The van der Waals surface area contributed by atoms with Gasteiger partial charge >= 0.3 is 5.69 Å². The van der Waals surface area contributed by atoms with Crippen molar-refractivity contribution in [2.45, 2.75) is 6.92 Å². The van der Waals surface area contributed by atoms with Crippen molar-refractivity contribution in [3.05, 3.63) is 58.1 Å². The number of anilines is 1. The second-order valence-corrected chi connectivity index (χ2v) is 4.73. The summed E-state index contributed by atoms with van der Waals surface area (Å²) in [5, 5.41) is 14.0. The molecular formula is C16H18N2O4. The van der Waals surface area contributed by atoms with Gasteiger partial charge < -0.3 is 14.8 Å². The standard InChI is InChI=1S/C16H18N2O4/c1-12-3-6-14(7-4-12)22-10-9-17-13-5-8-16(21-2)15(11-13)18(19)20/h3-8,11,17H,9-10H2,1-2H3. The maximum atomic E-state index is 10.9. The number of aryl methyl sites for hydroxylation is 1. The number of ether oxygens (including phenoxy) is 2. The van der Waals surface area contributed by atoms with Gasteiger partial charge in [0.1, 0.15) is 12.4 Å². The van der Waals surface area contributed by atoms with Crippen LogP contribution in [0, 0.1) is 17.0 Å². The number of nitrogens with one attached hydrogen (secondary N) is 1. The quantitative estimate of drug-likeness (QED) is 0.482. The van der Waals surface area contributed by atoms with Crippen LogP contribution in [0.15, 0.2) is 42.5 Å². The summed E-state index contributed by atoms with van der Waals surface area (Å²) in [4.78, 5) is 10.5. The number of methoxy groups -OCH3 is 1. The fraction of sp³-hybridized carbons (Fsp3) is 0.250. The molecule has 0 saturated carbocycles. The van der Waals surface area contributed by atoms with Gasteiger partial charge in [0.25, 0.3) is 0 Å². The molecule has 0 aliphatic carbocycles. The minimum Gasteiger partial charge on any atom is -0.492 e. The van der Waals surface area contributed by atoms with Gasteiger partial charge in [-0.2, -0.15) is 0 Å². The highest BCUT2D eigenvalue weighted by Crippen LogP contribution is 2.29. The number of hydrogen-bond donors (Lipinski definition) is 1. The van der Waals surface area contributed by atoms with Crippen molar-refractivity contribution in [2.24, 2.45) is 0 Å². The van der Waals surface area contributed by atoms with E-state index in [4.69, 9.17) is 9.47 Å². The highest BCUT2D eigenvalue weighted by molar-refractivity contribution is 5.58. The Morgan fingerprint density at radius 1 is 1.18 bits per heavy atom. The lowest BCUT2D eigenvalue weighted by Crippen LogP contribution is -2.11. The number of rotatable bonds is 7. The predicted octanol–water partition coefficient (Wildman–Crippen LogP) is 3.40. The van der Waals surface area contributed by atoms with Gasteiger partial charge in [-0.05, 0) is 31.2 Å². The fourth-order valence-corrected chi connectivity index (χ4v) is 1.94. The number of hydrogen-bond acceptors (Lipinski definition) is 5. The molecule has 0 amide bonds. The number of nitrogens with zero attached hydrogens (tertiary/aromatic N) is 1. The molecule has 116 valence electrons. The maximum absolute atomic E-state index is 10.9. The summed E-state index contributed by atoms with van der Waals surface area (Å²) in [6, 6.07) is 12.5. The van der Waals surface area contributed by atoms with E-state index in [2.05, 4.69) is 5.32 Å². The molecule has 0 atom stereocenters. The second-order valence-electron chi connectivity index (χ2n) is 4.73. The van der Waals surface area contributed by atoms with Gasteiger partial charge in [0.05, 0.1) is 12.0 Å². The topological polar surface area (TPSA) is 73.6 Å². The van der Waals surface area contributed by atoms with Gasteiger partial charge in [0, 0.05) is 18.3 Å². The van der Waals surface area contributed by atoms with E-state index in [1.807, 2.05) is 31.2 Å². The van der Waals surface area contributed by atoms with Crippen molar-refractivity contribution < 1.29 is 14.4 Å². The van der Waals surface area contributed by atoms with Crippen molar-refractivity contribution in [2.75, 3.05) is 25.6 Å². The molecule has 0 heterocycles. The molecular weight excluding hydrogens is 284 g/mol. The average molecular weight is 302 g/mol. The summed E-state index contributed by atoms with van der Waals surface area (Å²) in [5.74, 6) is 1.04. The molecule has 22 heavy (non-hydrogen) atoms. The molecule has 0 saturated heterocycles. The van der Waals surface area contributed by atoms with Crippen LogP contribution < -0.4 is 14.8 Å². The molecule has 0 fully saturated rings. The van der Waals surface area contributed by atoms with Crippen LogP contribution in [0.3, 0.4) is 0 Å². The molecule has 0 aromatic heterocycles. The normalized spacial score (nSPS) is 10.1. The summed E-state index contributed by atoms with van der Waals surface area (Å²) in [6.45, 7) is 3.02. The lowest BCUT2D eigenvalue weighted by atomic mass is 10.2. The molecule has 2 aromatic rings. The Morgan fingerprint density at radius 3 is 2.55 bits per heavy atom. The smallest absolute Gasteiger partial charge is 0.312 e. The van der Waals surface area contributed by atoms with E-state index in [9.17, 15) is 10.1 Å². The Bertz CT molecular complexity index is 641. The third-order valence-electron chi connectivity index (χ3n) is 3.10. The van der Waals surface area contributed by atoms with Crippen LogP contribution >= 0.6 is 0 Å². The lowest BCUT2D eigenvalue weighted by Gasteiger charge is -2.09. The largest absolute Gasteiger partial charge is 0.492 e. The van der Waals surface area contributed by atoms with Gasteiger partial charge in [-0.15, -0.1) is 0 Å². The molecule has 0 bridgehead atoms. The molecule has 2 rings (SSSR count). The molecule has 0 aliphatic heterocycles. The Morgan fingerprint density at radius 2 is 1.91 bits per heavy atom. The first-order chi connectivity index (χ1) is 10.6. The summed E-state index contributed by atoms with van der Waals surface area (Å²) in [6.07, 6.45) is 0. The second kappa shape index (κ2) is 7.31. The highest BCUT2D eigenvalue weighted by atomic mass is 16.6. The first-order valence-corrected chi connectivity index (χ1v) is 6.86. The van der Waals surface area contributed by atoms with Crippen LogP contribution in [0.1, 0.15) is 5.56 Å². The highest BCUT2D eigenvalue weighted by Gasteiger charge is 2.14. The van der Waals surface area contributed by atoms with Crippen molar-refractivity contribution in [3.8, 4) is 11.5 Å². The third-order valence-corrected chi connectivity index (χ3v) is 3.10. The molecule has 6 heteroatoms. The molecule has 1 N–H and O–H groups in total. The summed E-state index contributed by atoms with van der Waals surface area (Å²) >= 11 is 0. The number of nitro groups is 1. The minimum atomic E-state index is -0.465. The molecule has 2 aromatic carbocycles. The molecule has 0 spiro atoms. The van der Waals surface area contributed by atoms with Crippen LogP contribution in [-0.4, -0.2) is 25.2 Å². The van der Waals surface area contributed by atoms with Crippen LogP contribution in [0.2, 0.25) is 0 Å². The Balaban J connectivity index is 1.87. The molecule has 0 radical (unpaired) electrons. The molecule has 0 unspecified atom stereocenters. The average Bonchev–Trinajstić information content (AvgIpc) is 2.53. The van der Waals surface area contributed by atoms with Crippen LogP contribution in [0.25, 0.3) is 0 Å². The van der Waals surface area contributed by atoms with E-state index in [0.29, 0.717) is 18.8 Å². The van der Waals surface area contributed by atoms with E-state index in [1.165, 1.54) is 18.7 Å². The predicted molar refractivity (Wildman–Crippen MR) is 84.8 cm³/mol. The van der Waals surface area contributed by atoms with E-state index in [-0.39, 0.29) is 11.4 Å². The first kappa shape index (κ1) is 15.6. The fourth-order valence-electron chi connectivity index (χ4n) is 1.94. The third kappa shape index (κ3) is 4.12. The van der Waals surface area contributed by atoms with Gasteiger partial charge in [-0.3, -0.25) is 10.1 Å². The molecule has 6 nitrogen and oxygen atoms in total. The Hall–Kier alpha value is -2.76. The van der Waals surface area contributed by atoms with Crippen molar-refractivity contribution in [3.63, 3.8) is 0 Å². The van der Waals surface area contributed by atoms with Crippen LogP contribution in [0.4, 0.5) is 11.4 Å². The van der Waals surface area contributed by atoms with Gasteiger partial charge in [-0.1, -0.05) is 17.7 Å². The first-order valence-electron chi connectivity index (χ1n) is 6.86. The zero-order chi connectivity index (χ0) is 15.9. The Kier molecular flexibility index (Phi) is 5.19. The van der Waals surface area contributed by atoms with Crippen LogP contribution in [-0.2, 0) is 0 Å². The van der Waals surface area contributed by atoms with Gasteiger partial charge in [0.15, 0.2) is 5.75 Å². The van der Waals surface area contributed by atoms with Crippen LogP contribution in [0.5, 0.6) is 11.5 Å².